The summed E-state index contributed by atoms with van der Waals surface area (Å²) in [4.78, 5) is 0. The lowest BCUT2D eigenvalue weighted by Gasteiger charge is -2.40. The first-order valence-corrected chi connectivity index (χ1v) is 7.71. The van der Waals surface area contributed by atoms with Gasteiger partial charge in [-0.05, 0) is 44.6 Å². The average Bonchev–Trinajstić information content (AvgIpc) is 2.64. The fourth-order valence-electron chi connectivity index (χ4n) is 3.33. The van der Waals surface area contributed by atoms with E-state index in [0.29, 0.717) is 5.41 Å². The second-order valence-electron chi connectivity index (χ2n) is 6.64. The van der Waals surface area contributed by atoms with Crippen molar-refractivity contribution in [2.45, 2.75) is 63.8 Å². The number of hydrogen-bond donors (Lipinski definition) is 2. The molecule has 0 radical (unpaired) electrons. The summed E-state index contributed by atoms with van der Waals surface area (Å²) in [6.45, 7) is 6.08. The molecular formula is C15H30N2O. The molecule has 2 aliphatic rings. The van der Waals surface area contributed by atoms with Gasteiger partial charge in [-0.1, -0.05) is 25.7 Å². The highest BCUT2D eigenvalue weighted by atomic mass is 16.5. The molecule has 2 fully saturated rings. The first-order chi connectivity index (χ1) is 8.68. The molecule has 0 amide bonds. The van der Waals surface area contributed by atoms with Crippen LogP contribution in [-0.2, 0) is 4.74 Å². The SMILES string of the molecule is CC1(NCC2(CN)CCCCCC2)CCOCC1. The van der Waals surface area contributed by atoms with Gasteiger partial charge in [0.2, 0.25) is 0 Å². The quantitative estimate of drug-likeness (QED) is 0.758. The largest absolute Gasteiger partial charge is 0.381 e. The molecule has 1 saturated heterocycles. The lowest BCUT2D eigenvalue weighted by molar-refractivity contribution is 0.0391. The third-order valence-electron chi connectivity index (χ3n) is 5.08. The van der Waals surface area contributed by atoms with Gasteiger partial charge in [0.25, 0.3) is 0 Å². The van der Waals surface area contributed by atoms with Gasteiger partial charge in [-0.3, -0.25) is 0 Å². The Hall–Kier alpha value is -0.120. The van der Waals surface area contributed by atoms with Crippen molar-refractivity contribution in [3.63, 3.8) is 0 Å². The van der Waals surface area contributed by atoms with Crippen molar-refractivity contribution in [3.8, 4) is 0 Å². The van der Waals surface area contributed by atoms with Crippen LogP contribution in [-0.4, -0.2) is 31.8 Å². The van der Waals surface area contributed by atoms with Crippen LogP contribution in [0.2, 0.25) is 0 Å². The van der Waals surface area contributed by atoms with Gasteiger partial charge < -0.3 is 15.8 Å². The van der Waals surface area contributed by atoms with Crippen LogP contribution in [0.4, 0.5) is 0 Å². The molecule has 3 nitrogen and oxygen atoms in total. The predicted octanol–water partition coefficient (Wildman–Crippen LogP) is 2.44. The molecule has 0 unspecified atom stereocenters. The minimum atomic E-state index is 0.271. The van der Waals surface area contributed by atoms with Crippen LogP contribution in [0.3, 0.4) is 0 Å². The lowest BCUT2D eigenvalue weighted by Crippen LogP contribution is -2.52. The van der Waals surface area contributed by atoms with E-state index in [2.05, 4.69) is 12.2 Å². The lowest BCUT2D eigenvalue weighted by atomic mass is 9.79. The topological polar surface area (TPSA) is 47.3 Å². The van der Waals surface area contributed by atoms with Crippen molar-refractivity contribution < 1.29 is 4.74 Å². The Morgan fingerprint density at radius 1 is 1.00 bits per heavy atom. The smallest absolute Gasteiger partial charge is 0.0483 e. The van der Waals surface area contributed by atoms with Crippen molar-refractivity contribution >= 4 is 0 Å². The maximum Gasteiger partial charge on any atom is 0.0483 e. The molecule has 0 bridgehead atoms. The number of ether oxygens (including phenoxy) is 1. The van der Waals surface area contributed by atoms with Gasteiger partial charge in [-0.2, -0.15) is 0 Å². The summed E-state index contributed by atoms with van der Waals surface area (Å²) in [6.07, 6.45) is 10.4. The molecule has 3 heteroatoms. The van der Waals surface area contributed by atoms with Gasteiger partial charge >= 0.3 is 0 Å². The van der Waals surface area contributed by atoms with Gasteiger partial charge in [0.05, 0.1) is 0 Å². The average molecular weight is 254 g/mol. The molecule has 1 saturated carbocycles. The second kappa shape index (κ2) is 6.36. The molecule has 0 aromatic heterocycles. The Balaban J connectivity index is 1.88. The van der Waals surface area contributed by atoms with Crippen molar-refractivity contribution in [3.05, 3.63) is 0 Å². The highest BCUT2D eigenvalue weighted by Gasteiger charge is 2.33. The van der Waals surface area contributed by atoms with Crippen molar-refractivity contribution in [2.24, 2.45) is 11.1 Å². The summed E-state index contributed by atoms with van der Waals surface area (Å²) in [6, 6.07) is 0. The van der Waals surface area contributed by atoms with E-state index >= 15 is 0 Å². The normalized spacial score (nSPS) is 27.7. The van der Waals surface area contributed by atoms with Crippen LogP contribution in [0.15, 0.2) is 0 Å². The maximum atomic E-state index is 6.10. The Morgan fingerprint density at radius 3 is 2.17 bits per heavy atom. The van der Waals surface area contributed by atoms with Crippen LogP contribution in [0, 0.1) is 5.41 Å². The Labute approximate surface area is 112 Å². The van der Waals surface area contributed by atoms with E-state index in [4.69, 9.17) is 10.5 Å². The Morgan fingerprint density at radius 2 is 1.61 bits per heavy atom. The highest BCUT2D eigenvalue weighted by Crippen LogP contribution is 2.34. The zero-order valence-electron chi connectivity index (χ0n) is 12.0. The van der Waals surface area contributed by atoms with E-state index in [1.165, 1.54) is 38.5 Å². The predicted molar refractivity (Wildman–Crippen MR) is 75.7 cm³/mol. The fraction of sp³-hybridized carbons (Fsp3) is 1.00. The van der Waals surface area contributed by atoms with Crippen LogP contribution >= 0.6 is 0 Å². The van der Waals surface area contributed by atoms with Crippen molar-refractivity contribution in [2.75, 3.05) is 26.3 Å². The molecule has 0 aromatic carbocycles. The minimum Gasteiger partial charge on any atom is -0.381 e. The molecule has 1 aliphatic carbocycles. The molecule has 0 aromatic rings. The van der Waals surface area contributed by atoms with Crippen molar-refractivity contribution in [1.82, 2.24) is 5.32 Å². The molecule has 0 atom stereocenters. The van der Waals surface area contributed by atoms with Gasteiger partial charge in [-0.15, -0.1) is 0 Å². The van der Waals surface area contributed by atoms with E-state index in [-0.39, 0.29) is 5.54 Å². The summed E-state index contributed by atoms with van der Waals surface area (Å²) in [5.41, 5.74) is 6.73. The summed E-state index contributed by atoms with van der Waals surface area (Å²) < 4.78 is 5.46. The van der Waals surface area contributed by atoms with Gasteiger partial charge in [-0.25, -0.2) is 0 Å². The van der Waals surface area contributed by atoms with E-state index in [9.17, 15) is 0 Å². The molecule has 1 heterocycles. The molecule has 2 rings (SSSR count). The molecule has 1 aliphatic heterocycles. The van der Waals surface area contributed by atoms with E-state index < -0.39 is 0 Å². The zero-order chi connectivity index (χ0) is 12.9. The van der Waals surface area contributed by atoms with Crippen LogP contribution in [0.5, 0.6) is 0 Å². The van der Waals surface area contributed by atoms with E-state index in [0.717, 1.165) is 39.1 Å². The summed E-state index contributed by atoms with van der Waals surface area (Å²) >= 11 is 0. The molecule has 0 spiro atoms. The number of nitrogens with two attached hydrogens (primary N) is 1. The third-order valence-corrected chi connectivity index (χ3v) is 5.08. The van der Waals surface area contributed by atoms with Crippen LogP contribution in [0.1, 0.15) is 58.3 Å². The van der Waals surface area contributed by atoms with Gasteiger partial charge in [0, 0.05) is 25.3 Å². The Bertz CT molecular complexity index is 241. The Kier molecular flexibility index (Phi) is 5.05. The first-order valence-electron chi connectivity index (χ1n) is 7.71. The highest BCUT2D eigenvalue weighted by molar-refractivity contribution is 4.91. The monoisotopic (exact) mass is 254 g/mol. The number of hydrogen-bond acceptors (Lipinski definition) is 3. The fourth-order valence-corrected chi connectivity index (χ4v) is 3.33. The van der Waals surface area contributed by atoms with Crippen LogP contribution in [0.25, 0.3) is 0 Å². The molecule has 18 heavy (non-hydrogen) atoms. The second-order valence-corrected chi connectivity index (χ2v) is 6.64. The molecule has 106 valence electrons. The van der Waals surface area contributed by atoms with Crippen molar-refractivity contribution in [1.29, 1.82) is 0 Å². The molecule has 3 N–H and O–H groups in total. The van der Waals surface area contributed by atoms with E-state index in [1.807, 2.05) is 0 Å². The third kappa shape index (κ3) is 3.69. The number of nitrogens with one attached hydrogen (secondary N) is 1. The standard InChI is InChI=1S/C15H30N2O/c1-14(8-10-18-11-9-14)17-13-15(12-16)6-4-2-3-5-7-15/h17H,2-13,16H2,1H3. The van der Waals surface area contributed by atoms with Crippen LogP contribution < -0.4 is 11.1 Å². The summed E-state index contributed by atoms with van der Waals surface area (Å²) in [7, 11) is 0. The summed E-state index contributed by atoms with van der Waals surface area (Å²) in [5.74, 6) is 0. The molecular weight excluding hydrogens is 224 g/mol. The zero-order valence-corrected chi connectivity index (χ0v) is 12.0. The summed E-state index contributed by atoms with van der Waals surface area (Å²) in [5, 5.41) is 3.83. The van der Waals surface area contributed by atoms with Gasteiger partial charge in [0.1, 0.15) is 0 Å². The van der Waals surface area contributed by atoms with E-state index in [1.54, 1.807) is 0 Å². The van der Waals surface area contributed by atoms with Gasteiger partial charge in [0.15, 0.2) is 0 Å². The first kappa shape index (κ1) is 14.3. The minimum absolute atomic E-state index is 0.271. The number of rotatable bonds is 4. The maximum absolute atomic E-state index is 6.10.